The summed E-state index contributed by atoms with van der Waals surface area (Å²) < 4.78 is 32.0. The van der Waals surface area contributed by atoms with Crippen molar-refractivity contribution in [3.8, 4) is 0 Å². The molecule has 0 radical (unpaired) electrons. The second-order valence-corrected chi connectivity index (χ2v) is 7.42. The zero-order valence-electron chi connectivity index (χ0n) is 11.1. The highest BCUT2D eigenvalue weighted by Gasteiger charge is 2.38. The van der Waals surface area contributed by atoms with Gasteiger partial charge in [-0.15, -0.1) is 11.3 Å². The predicted molar refractivity (Wildman–Crippen MR) is 74.3 cm³/mol. The minimum Gasteiger partial charge on any atom is -0.465 e. The highest BCUT2D eigenvalue weighted by Crippen LogP contribution is 2.32. The number of ether oxygens (including phenoxy) is 1. The molecule has 0 atom stereocenters. The molecule has 0 amide bonds. The lowest BCUT2D eigenvalue weighted by Gasteiger charge is -2.27. The average molecular weight is 319 g/mol. The van der Waals surface area contributed by atoms with Crippen LogP contribution in [0.25, 0.3) is 0 Å². The zero-order valence-corrected chi connectivity index (χ0v) is 12.7. The first-order chi connectivity index (χ1) is 9.44. The molecule has 1 aliphatic carbocycles. The van der Waals surface area contributed by atoms with Crippen LogP contribution in [0, 0.1) is 0 Å². The molecule has 1 fully saturated rings. The van der Waals surface area contributed by atoms with E-state index in [-0.39, 0.29) is 16.4 Å². The maximum atomic E-state index is 12.4. The van der Waals surface area contributed by atoms with E-state index in [1.54, 1.807) is 0 Å². The Morgan fingerprint density at radius 2 is 2.15 bits per heavy atom. The SMILES string of the molecule is COC(=O)c1sccc1S(=O)(=O)NC1(CO)CCCC1. The molecule has 1 heterocycles. The van der Waals surface area contributed by atoms with E-state index >= 15 is 0 Å². The first-order valence-corrected chi connectivity index (χ1v) is 8.61. The first kappa shape index (κ1) is 15.4. The van der Waals surface area contributed by atoms with E-state index < -0.39 is 21.5 Å². The molecule has 0 saturated heterocycles. The second-order valence-electron chi connectivity index (χ2n) is 4.86. The van der Waals surface area contributed by atoms with Crippen molar-refractivity contribution in [3.05, 3.63) is 16.3 Å². The molecule has 0 spiro atoms. The lowest BCUT2D eigenvalue weighted by atomic mass is 10.0. The van der Waals surface area contributed by atoms with E-state index in [1.165, 1.54) is 18.6 Å². The number of carbonyl (C=O) groups is 1. The molecule has 1 aliphatic rings. The molecular formula is C12H17NO5S2. The summed E-state index contributed by atoms with van der Waals surface area (Å²) in [6, 6.07) is 1.37. The van der Waals surface area contributed by atoms with Crippen LogP contribution in [0.1, 0.15) is 35.4 Å². The quantitative estimate of drug-likeness (QED) is 0.793. The van der Waals surface area contributed by atoms with Crippen molar-refractivity contribution in [2.75, 3.05) is 13.7 Å². The van der Waals surface area contributed by atoms with Gasteiger partial charge in [0.25, 0.3) is 0 Å². The van der Waals surface area contributed by atoms with E-state index in [9.17, 15) is 18.3 Å². The third kappa shape index (κ3) is 2.88. The van der Waals surface area contributed by atoms with Crippen LogP contribution in [0.3, 0.4) is 0 Å². The number of aliphatic hydroxyl groups is 1. The molecule has 6 nitrogen and oxygen atoms in total. The Kier molecular flexibility index (Phi) is 4.48. The molecule has 0 aromatic carbocycles. The van der Waals surface area contributed by atoms with Crippen LogP contribution in [0.4, 0.5) is 0 Å². The number of esters is 1. The van der Waals surface area contributed by atoms with Gasteiger partial charge in [-0.1, -0.05) is 12.8 Å². The summed E-state index contributed by atoms with van der Waals surface area (Å²) >= 11 is 1.02. The molecule has 20 heavy (non-hydrogen) atoms. The number of aliphatic hydroxyl groups excluding tert-OH is 1. The Labute approximate surface area is 121 Å². The molecule has 0 bridgehead atoms. The van der Waals surface area contributed by atoms with Gasteiger partial charge in [-0.25, -0.2) is 17.9 Å². The van der Waals surface area contributed by atoms with Crippen molar-refractivity contribution in [3.63, 3.8) is 0 Å². The van der Waals surface area contributed by atoms with E-state index in [1.807, 2.05) is 0 Å². The third-order valence-corrected chi connectivity index (χ3v) is 6.15. The largest absolute Gasteiger partial charge is 0.465 e. The van der Waals surface area contributed by atoms with Crippen LogP contribution < -0.4 is 4.72 Å². The van der Waals surface area contributed by atoms with Crippen molar-refractivity contribution in [2.45, 2.75) is 36.1 Å². The number of hydrogen-bond acceptors (Lipinski definition) is 6. The van der Waals surface area contributed by atoms with Gasteiger partial charge in [0.15, 0.2) is 0 Å². The third-order valence-electron chi connectivity index (χ3n) is 3.50. The number of carbonyl (C=O) groups excluding carboxylic acids is 1. The fourth-order valence-electron chi connectivity index (χ4n) is 2.43. The average Bonchev–Trinajstić information content (AvgIpc) is 3.06. The van der Waals surface area contributed by atoms with Gasteiger partial charge in [0, 0.05) is 0 Å². The number of thiophene rings is 1. The van der Waals surface area contributed by atoms with Gasteiger partial charge in [-0.05, 0) is 24.3 Å². The van der Waals surface area contributed by atoms with Gasteiger partial charge >= 0.3 is 5.97 Å². The van der Waals surface area contributed by atoms with Gasteiger partial charge in [0.1, 0.15) is 9.77 Å². The molecule has 112 valence electrons. The van der Waals surface area contributed by atoms with Gasteiger partial charge in [0.2, 0.25) is 10.0 Å². The number of sulfonamides is 1. The normalized spacial score (nSPS) is 18.1. The van der Waals surface area contributed by atoms with Gasteiger partial charge < -0.3 is 9.84 Å². The molecule has 1 aromatic rings. The Hall–Kier alpha value is -0.960. The van der Waals surface area contributed by atoms with E-state index in [4.69, 9.17) is 0 Å². The lowest BCUT2D eigenvalue weighted by Crippen LogP contribution is -2.49. The molecule has 1 saturated carbocycles. The molecule has 2 N–H and O–H groups in total. The summed E-state index contributed by atoms with van der Waals surface area (Å²) in [7, 11) is -2.65. The predicted octanol–water partition coefficient (Wildman–Crippen LogP) is 1.12. The van der Waals surface area contributed by atoms with Gasteiger partial charge in [0.05, 0.1) is 19.3 Å². The smallest absolute Gasteiger partial charge is 0.349 e. The maximum absolute atomic E-state index is 12.4. The highest BCUT2D eigenvalue weighted by molar-refractivity contribution is 7.89. The van der Waals surface area contributed by atoms with Crippen molar-refractivity contribution in [1.29, 1.82) is 0 Å². The standard InChI is InChI=1S/C12H17NO5S2/c1-18-11(15)10-9(4-7-19-10)20(16,17)13-12(8-14)5-2-3-6-12/h4,7,13-14H,2-3,5-6,8H2,1H3. The van der Waals surface area contributed by atoms with Crippen LogP contribution in [0.15, 0.2) is 16.3 Å². The Morgan fingerprint density at radius 1 is 1.50 bits per heavy atom. The van der Waals surface area contributed by atoms with Gasteiger partial charge in [-0.3, -0.25) is 0 Å². The Morgan fingerprint density at radius 3 is 2.70 bits per heavy atom. The molecular weight excluding hydrogens is 302 g/mol. The summed E-state index contributed by atoms with van der Waals surface area (Å²) in [5.41, 5.74) is -0.811. The maximum Gasteiger partial charge on any atom is 0.349 e. The zero-order chi connectivity index (χ0) is 14.8. The topological polar surface area (TPSA) is 92.7 Å². The van der Waals surface area contributed by atoms with Crippen LogP contribution in [-0.4, -0.2) is 38.7 Å². The number of methoxy groups -OCH3 is 1. The minimum absolute atomic E-state index is 0.0473. The summed E-state index contributed by atoms with van der Waals surface area (Å²) in [5.74, 6) is -0.676. The number of nitrogens with one attached hydrogen (secondary N) is 1. The lowest BCUT2D eigenvalue weighted by molar-refractivity contribution is 0.0602. The first-order valence-electron chi connectivity index (χ1n) is 6.25. The van der Waals surface area contributed by atoms with Crippen LogP contribution in [-0.2, 0) is 14.8 Å². The van der Waals surface area contributed by atoms with Crippen LogP contribution in [0.5, 0.6) is 0 Å². The Balaban J connectivity index is 2.31. The fourth-order valence-corrected chi connectivity index (χ4v) is 5.22. The summed E-state index contributed by atoms with van der Waals surface area (Å²) in [4.78, 5) is 11.5. The van der Waals surface area contributed by atoms with Crippen LogP contribution in [0.2, 0.25) is 0 Å². The van der Waals surface area contributed by atoms with Crippen LogP contribution >= 0.6 is 11.3 Å². The minimum atomic E-state index is -3.86. The summed E-state index contributed by atoms with van der Waals surface area (Å²) in [6.07, 6.45) is 2.94. The fraction of sp³-hybridized carbons (Fsp3) is 0.583. The number of rotatable bonds is 5. The van der Waals surface area contributed by atoms with Crippen molar-refractivity contribution >= 4 is 27.3 Å². The molecule has 2 rings (SSSR count). The van der Waals surface area contributed by atoms with E-state index in [0.717, 1.165) is 24.2 Å². The monoisotopic (exact) mass is 319 g/mol. The van der Waals surface area contributed by atoms with E-state index in [0.29, 0.717) is 12.8 Å². The summed E-state index contributed by atoms with van der Waals surface area (Å²) in [5, 5.41) is 11.0. The Bertz CT molecular complexity index is 587. The van der Waals surface area contributed by atoms with E-state index in [2.05, 4.69) is 9.46 Å². The molecule has 0 aliphatic heterocycles. The van der Waals surface area contributed by atoms with Crippen molar-refractivity contribution in [1.82, 2.24) is 4.72 Å². The van der Waals surface area contributed by atoms with Gasteiger partial charge in [-0.2, -0.15) is 0 Å². The summed E-state index contributed by atoms with van der Waals surface area (Å²) in [6.45, 7) is -0.246. The van der Waals surface area contributed by atoms with Crippen molar-refractivity contribution < 1.29 is 23.1 Å². The van der Waals surface area contributed by atoms with Crippen molar-refractivity contribution in [2.24, 2.45) is 0 Å². The second kappa shape index (κ2) is 5.80. The molecule has 8 heteroatoms. The molecule has 1 aromatic heterocycles. The molecule has 0 unspecified atom stereocenters. The highest BCUT2D eigenvalue weighted by atomic mass is 32.2. The number of hydrogen-bond donors (Lipinski definition) is 2.